The van der Waals surface area contributed by atoms with E-state index in [-0.39, 0.29) is 10.7 Å². The zero-order valence-corrected chi connectivity index (χ0v) is 14.5. The van der Waals surface area contributed by atoms with Gasteiger partial charge in [-0.25, -0.2) is 13.1 Å². The fourth-order valence-corrected chi connectivity index (χ4v) is 3.23. The van der Waals surface area contributed by atoms with Crippen molar-refractivity contribution < 1.29 is 13.2 Å². The van der Waals surface area contributed by atoms with Crippen molar-refractivity contribution >= 4 is 32.7 Å². The Hall–Kier alpha value is -2.76. The van der Waals surface area contributed by atoms with E-state index < -0.39 is 10.0 Å². The molecule has 1 N–H and O–H groups in total. The van der Waals surface area contributed by atoms with Crippen LogP contribution in [0.25, 0.3) is 16.8 Å². The highest BCUT2D eigenvalue weighted by atomic mass is 32.2. The highest BCUT2D eigenvalue weighted by molar-refractivity contribution is 7.89. The molecule has 3 aromatic rings. The van der Waals surface area contributed by atoms with Gasteiger partial charge in [0.1, 0.15) is 0 Å². The van der Waals surface area contributed by atoms with Crippen LogP contribution in [0.5, 0.6) is 0 Å². The largest absolute Gasteiger partial charge is 0.289 e. The molecule has 0 radical (unpaired) electrons. The van der Waals surface area contributed by atoms with E-state index in [9.17, 15) is 13.2 Å². The molecule has 5 heteroatoms. The Kier molecular flexibility index (Phi) is 4.79. The number of fused-ring (bicyclic) bond motifs is 1. The summed E-state index contributed by atoms with van der Waals surface area (Å²) in [5.74, 6) is -0.179. The molecular weight excluding hydrogens is 334 g/mol. The first-order chi connectivity index (χ1) is 12.0. The second kappa shape index (κ2) is 7.01. The van der Waals surface area contributed by atoms with Gasteiger partial charge in [0, 0.05) is 5.56 Å². The second-order valence-corrected chi connectivity index (χ2v) is 7.42. The highest BCUT2D eigenvalue weighted by Gasteiger charge is 2.11. The van der Waals surface area contributed by atoms with E-state index in [0.29, 0.717) is 5.56 Å². The van der Waals surface area contributed by atoms with Crippen LogP contribution in [0.3, 0.4) is 0 Å². The Morgan fingerprint density at radius 3 is 2.28 bits per heavy atom. The monoisotopic (exact) mass is 351 g/mol. The van der Waals surface area contributed by atoms with Crippen molar-refractivity contribution in [2.24, 2.45) is 0 Å². The number of nitrogens with one attached hydrogen (secondary N) is 1. The maximum absolute atomic E-state index is 12.3. The van der Waals surface area contributed by atoms with Crippen LogP contribution in [-0.2, 0) is 10.0 Å². The van der Waals surface area contributed by atoms with Crippen molar-refractivity contribution in [3.63, 3.8) is 0 Å². The zero-order chi connectivity index (χ0) is 17.9. The van der Waals surface area contributed by atoms with Crippen LogP contribution in [0.4, 0.5) is 0 Å². The topological polar surface area (TPSA) is 63.2 Å². The molecule has 0 atom stereocenters. The number of allylic oxidation sites excluding steroid dienone is 1. The van der Waals surface area contributed by atoms with Crippen molar-refractivity contribution in [2.75, 3.05) is 7.05 Å². The molecule has 0 fully saturated rings. The van der Waals surface area contributed by atoms with E-state index in [0.717, 1.165) is 16.3 Å². The summed E-state index contributed by atoms with van der Waals surface area (Å²) in [5, 5.41) is 2.26. The lowest BCUT2D eigenvalue weighted by Crippen LogP contribution is -2.18. The molecule has 3 rings (SSSR count). The SMILES string of the molecule is CNS(=O)(=O)c1ccc(C(=O)/C=C/c2ccc3ccccc3c2)cc1. The normalized spacial score (nSPS) is 11.9. The van der Waals surface area contributed by atoms with Gasteiger partial charge >= 0.3 is 0 Å². The van der Waals surface area contributed by atoms with Gasteiger partial charge in [-0.05, 0) is 59.8 Å². The molecule has 0 aliphatic rings. The molecule has 126 valence electrons. The summed E-state index contributed by atoms with van der Waals surface area (Å²) in [6, 6.07) is 19.9. The van der Waals surface area contributed by atoms with E-state index in [4.69, 9.17) is 0 Å². The number of carbonyl (C=O) groups excluding carboxylic acids is 1. The summed E-state index contributed by atoms with van der Waals surface area (Å²) in [6.07, 6.45) is 3.25. The van der Waals surface area contributed by atoms with E-state index in [2.05, 4.69) is 4.72 Å². The summed E-state index contributed by atoms with van der Waals surface area (Å²) >= 11 is 0. The summed E-state index contributed by atoms with van der Waals surface area (Å²) in [5.41, 5.74) is 1.37. The highest BCUT2D eigenvalue weighted by Crippen LogP contribution is 2.17. The van der Waals surface area contributed by atoms with Gasteiger partial charge in [0.2, 0.25) is 10.0 Å². The number of benzene rings is 3. The summed E-state index contributed by atoms with van der Waals surface area (Å²) in [6.45, 7) is 0. The number of ketones is 1. The van der Waals surface area contributed by atoms with Gasteiger partial charge in [-0.1, -0.05) is 42.5 Å². The summed E-state index contributed by atoms with van der Waals surface area (Å²) < 4.78 is 25.6. The van der Waals surface area contributed by atoms with Crippen LogP contribution in [-0.4, -0.2) is 21.2 Å². The van der Waals surface area contributed by atoms with Crippen LogP contribution >= 0.6 is 0 Å². The Morgan fingerprint density at radius 1 is 0.920 bits per heavy atom. The van der Waals surface area contributed by atoms with Crippen molar-refractivity contribution in [3.8, 4) is 0 Å². The molecule has 3 aromatic carbocycles. The summed E-state index contributed by atoms with van der Waals surface area (Å²) in [4.78, 5) is 12.4. The van der Waals surface area contributed by atoms with Crippen LogP contribution in [0.1, 0.15) is 15.9 Å². The fraction of sp³-hybridized carbons (Fsp3) is 0.0500. The zero-order valence-electron chi connectivity index (χ0n) is 13.6. The Balaban J connectivity index is 1.80. The molecule has 25 heavy (non-hydrogen) atoms. The van der Waals surface area contributed by atoms with Gasteiger partial charge in [-0.15, -0.1) is 0 Å². The molecule has 0 aliphatic carbocycles. The molecule has 0 amide bonds. The minimum Gasteiger partial charge on any atom is -0.289 e. The number of sulfonamides is 1. The lowest BCUT2D eigenvalue weighted by Gasteiger charge is -2.03. The van der Waals surface area contributed by atoms with Crippen molar-refractivity contribution in [1.29, 1.82) is 0 Å². The Morgan fingerprint density at radius 2 is 1.60 bits per heavy atom. The molecule has 0 bridgehead atoms. The third-order valence-corrected chi connectivity index (χ3v) is 5.35. The average Bonchev–Trinajstić information content (AvgIpc) is 2.66. The average molecular weight is 351 g/mol. The van der Waals surface area contributed by atoms with E-state index >= 15 is 0 Å². The first kappa shape index (κ1) is 17.1. The predicted molar refractivity (Wildman–Crippen MR) is 100 cm³/mol. The molecular formula is C20H17NO3S. The van der Waals surface area contributed by atoms with E-state index in [1.165, 1.54) is 37.4 Å². The smallest absolute Gasteiger partial charge is 0.240 e. The van der Waals surface area contributed by atoms with Crippen LogP contribution in [0, 0.1) is 0 Å². The third-order valence-electron chi connectivity index (χ3n) is 3.92. The molecule has 0 unspecified atom stereocenters. The Bertz CT molecular complexity index is 1050. The number of hydrogen-bond acceptors (Lipinski definition) is 3. The maximum Gasteiger partial charge on any atom is 0.240 e. The lowest BCUT2D eigenvalue weighted by molar-refractivity contribution is 0.104. The number of hydrogen-bond donors (Lipinski definition) is 1. The van der Waals surface area contributed by atoms with E-state index in [1.807, 2.05) is 42.5 Å². The first-order valence-electron chi connectivity index (χ1n) is 7.74. The van der Waals surface area contributed by atoms with Crippen LogP contribution in [0.2, 0.25) is 0 Å². The fourth-order valence-electron chi connectivity index (χ4n) is 2.50. The minimum atomic E-state index is -3.50. The lowest BCUT2D eigenvalue weighted by atomic mass is 10.1. The molecule has 0 heterocycles. The molecule has 0 saturated carbocycles. The Labute approximate surface area is 146 Å². The van der Waals surface area contributed by atoms with Gasteiger partial charge in [-0.2, -0.15) is 0 Å². The van der Waals surface area contributed by atoms with Crippen molar-refractivity contribution in [3.05, 3.63) is 83.9 Å². The molecule has 0 spiro atoms. The quantitative estimate of drug-likeness (QED) is 0.564. The number of carbonyl (C=O) groups is 1. The maximum atomic E-state index is 12.3. The summed E-state index contributed by atoms with van der Waals surface area (Å²) in [7, 11) is -2.15. The van der Waals surface area contributed by atoms with Crippen molar-refractivity contribution in [2.45, 2.75) is 4.90 Å². The number of rotatable bonds is 5. The molecule has 0 saturated heterocycles. The second-order valence-electron chi connectivity index (χ2n) is 5.54. The minimum absolute atomic E-state index is 0.130. The van der Waals surface area contributed by atoms with Crippen LogP contribution in [0.15, 0.2) is 77.7 Å². The first-order valence-corrected chi connectivity index (χ1v) is 9.23. The van der Waals surface area contributed by atoms with Crippen LogP contribution < -0.4 is 4.72 Å². The van der Waals surface area contributed by atoms with Gasteiger partial charge in [0.05, 0.1) is 4.90 Å². The van der Waals surface area contributed by atoms with E-state index in [1.54, 1.807) is 6.08 Å². The van der Waals surface area contributed by atoms with Gasteiger partial charge in [0.15, 0.2) is 5.78 Å². The third kappa shape index (κ3) is 3.84. The van der Waals surface area contributed by atoms with Gasteiger partial charge in [-0.3, -0.25) is 4.79 Å². The standard InChI is InChI=1S/C20H17NO3S/c1-21-25(23,24)19-11-9-17(10-12-19)20(22)13-7-15-6-8-16-4-2-3-5-18(16)14-15/h2-14,21H,1H3/b13-7+. The molecule has 0 aromatic heterocycles. The molecule has 0 aliphatic heterocycles. The predicted octanol–water partition coefficient (Wildman–Crippen LogP) is 3.64. The van der Waals surface area contributed by atoms with Crippen molar-refractivity contribution in [1.82, 2.24) is 4.72 Å². The van der Waals surface area contributed by atoms with Gasteiger partial charge in [0.25, 0.3) is 0 Å². The molecule has 4 nitrogen and oxygen atoms in total. The van der Waals surface area contributed by atoms with Gasteiger partial charge < -0.3 is 0 Å².